The van der Waals surface area contributed by atoms with Gasteiger partial charge in [0.1, 0.15) is 11.2 Å². The number of likely N-dealkylation sites (tertiary alicyclic amines) is 1. The minimum Gasteiger partial charge on any atom is -0.338 e. The zero-order valence-corrected chi connectivity index (χ0v) is 12.3. The van der Waals surface area contributed by atoms with Gasteiger partial charge in [0.25, 0.3) is 5.91 Å². The van der Waals surface area contributed by atoms with Gasteiger partial charge in [-0.05, 0) is 25.2 Å². The number of thiazole rings is 1. The predicted octanol–water partition coefficient (Wildman–Crippen LogP) is 1.96. The number of nitrogens with zero attached hydrogens (tertiary/aromatic N) is 4. The molecule has 0 N–H and O–H groups in total. The lowest BCUT2D eigenvalue weighted by molar-refractivity contribution is 0.0729. The second kappa shape index (κ2) is 6.46. The number of carbonyl (C=O) groups is 1. The first-order chi connectivity index (χ1) is 10.3. The fraction of sp³-hybridized carbons (Fsp3) is 0.333. The summed E-state index contributed by atoms with van der Waals surface area (Å²) in [5, 5.41) is 0.638. The molecule has 0 aliphatic carbocycles. The Morgan fingerprint density at radius 3 is 2.62 bits per heavy atom. The fourth-order valence-electron chi connectivity index (χ4n) is 2.17. The van der Waals surface area contributed by atoms with Crippen molar-refractivity contribution in [1.82, 2.24) is 19.9 Å². The molecule has 0 saturated carbocycles. The maximum atomic E-state index is 12.3. The van der Waals surface area contributed by atoms with E-state index in [0.29, 0.717) is 9.88 Å². The molecule has 0 unspecified atom stereocenters. The molecule has 1 fully saturated rings. The number of hydrogen-bond acceptors (Lipinski definition) is 5. The van der Waals surface area contributed by atoms with Gasteiger partial charge in [0, 0.05) is 25.5 Å². The van der Waals surface area contributed by atoms with Gasteiger partial charge in [-0.2, -0.15) is 0 Å². The van der Waals surface area contributed by atoms with Crippen molar-refractivity contribution in [3.8, 4) is 11.8 Å². The van der Waals surface area contributed by atoms with Crippen molar-refractivity contribution in [2.45, 2.75) is 19.3 Å². The molecule has 1 aliphatic rings. The number of rotatable bonds is 1. The van der Waals surface area contributed by atoms with Crippen molar-refractivity contribution < 1.29 is 4.79 Å². The molecule has 5 nitrogen and oxygen atoms in total. The molecule has 2 aromatic rings. The van der Waals surface area contributed by atoms with E-state index < -0.39 is 0 Å². The Kier molecular flexibility index (Phi) is 4.22. The Morgan fingerprint density at radius 2 is 1.86 bits per heavy atom. The Morgan fingerprint density at radius 1 is 1.10 bits per heavy atom. The van der Waals surface area contributed by atoms with Gasteiger partial charge >= 0.3 is 0 Å². The number of aromatic nitrogens is 3. The molecule has 3 rings (SSSR count). The van der Waals surface area contributed by atoms with E-state index >= 15 is 0 Å². The molecule has 2 aromatic heterocycles. The average Bonchev–Trinajstić information content (AvgIpc) is 3.03. The summed E-state index contributed by atoms with van der Waals surface area (Å²) in [5.41, 5.74) is 0.733. The third kappa shape index (κ3) is 3.44. The largest absolute Gasteiger partial charge is 0.338 e. The molecular weight excluding hydrogens is 284 g/mol. The monoisotopic (exact) mass is 298 g/mol. The van der Waals surface area contributed by atoms with Crippen LogP contribution in [0.2, 0.25) is 0 Å². The van der Waals surface area contributed by atoms with Crippen LogP contribution in [0.4, 0.5) is 0 Å². The van der Waals surface area contributed by atoms with E-state index in [0.717, 1.165) is 31.5 Å². The van der Waals surface area contributed by atoms with Gasteiger partial charge in [0.2, 0.25) is 0 Å². The molecule has 0 atom stereocenters. The molecule has 0 spiro atoms. The maximum Gasteiger partial charge on any atom is 0.265 e. The number of hydrogen-bond donors (Lipinski definition) is 0. The van der Waals surface area contributed by atoms with Crippen LogP contribution in [0.5, 0.6) is 0 Å². The zero-order chi connectivity index (χ0) is 14.5. The molecule has 1 amide bonds. The van der Waals surface area contributed by atoms with Crippen LogP contribution in [0.1, 0.15) is 39.5 Å². The number of amides is 1. The molecule has 106 valence electrons. The number of carbonyl (C=O) groups excluding carboxylic acids is 1. The lowest BCUT2D eigenvalue weighted by Crippen LogP contribution is -2.35. The van der Waals surface area contributed by atoms with Crippen molar-refractivity contribution in [2.75, 3.05) is 13.1 Å². The number of piperidine rings is 1. The van der Waals surface area contributed by atoms with Crippen LogP contribution in [0.25, 0.3) is 0 Å². The summed E-state index contributed by atoms with van der Waals surface area (Å²) in [7, 11) is 0. The van der Waals surface area contributed by atoms with Crippen LogP contribution in [-0.2, 0) is 0 Å². The smallest absolute Gasteiger partial charge is 0.265 e. The van der Waals surface area contributed by atoms with Crippen LogP contribution in [-0.4, -0.2) is 38.8 Å². The summed E-state index contributed by atoms with van der Waals surface area (Å²) in [5.74, 6) is 5.96. The normalized spacial score (nSPS) is 14.4. The zero-order valence-electron chi connectivity index (χ0n) is 11.5. The molecule has 0 radical (unpaired) electrons. The minimum atomic E-state index is 0.0725. The van der Waals surface area contributed by atoms with E-state index in [1.807, 2.05) is 4.90 Å². The molecule has 1 saturated heterocycles. The van der Waals surface area contributed by atoms with E-state index in [4.69, 9.17) is 0 Å². The van der Waals surface area contributed by atoms with Crippen LogP contribution < -0.4 is 0 Å². The first-order valence-corrected chi connectivity index (χ1v) is 7.67. The van der Waals surface area contributed by atoms with Gasteiger partial charge < -0.3 is 4.90 Å². The van der Waals surface area contributed by atoms with Crippen LogP contribution in [0.3, 0.4) is 0 Å². The lowest BCUT2D eigenvalue weighted by Gasteiger charge is -2.25. The quantitative estimate of drug-likeness (QED) is 0.755. The van der Waals surface area contributed by atoms with E-state index in [1.54, 1.807) is 18.6 Å². The Hall–Kier alpha value is -2.26. The first kappa shape index (κ1) is 13.7. The highest BCUT2D eigenvalue weighted by molar-refractivity contribution is 7.14. The molecule has 0 bridgehead atoms. The van der Waals surface area contributed by atoms with Gasteiger partial charge in [-0.1, -0.05) is 5.92 Å². The summed E-state index contributed by atoms with van der Waals surface area (Å²) in [4.78, 5) is 26.9. The van der Waals surface area contributed by atoms with Crippen LogP contribution in [0.15, 0.2) is 24.9 Å². The lowest BCUT2D eigenvalue weighted by atomic mass is 10.1. The van der Waals surface area contributed by atoms with Crippen molar-refractivity contribution >= 4 is 17.2 Å². The topological polar surface area (TPSA) is 59.0 Å². The predicted molar refractivity (Wildman–Crippen MR) is 79.9 cm³/mol. The SMILES string of the molecule is O=C(c1cnc(C#Cc2cncnc2)s1)N1CCCCC1. The van der Waals surface area contributed by atoms with Crippen molar-refractivity contribution in [1.29, 1.82) is 0 Å². The van der Waals surface area contributed by atoms with Gasteiger partial charge in [0.05, 0.1) is 11.8 Å². The van der Waals surface area contributed by atoms with Crippen LogP contribution >= 0.6 is 11.3 Å². The fourth-order valence-corrected chi connectivity index (χ4v) is 2.91. The molecular formula is C15H14N4OS. The first-order valence-electron chi connectivity index (χ1n) is 6.85. The Labute approximate surface area is 127 Å². The van der Waals surface area contributed by atoms with Crippen molar-refractivity contribution in [3.05, 3.63) is 40.4 Å². The average molecular weight is 298 g/mol. The van der Waals surface area contributed by atoms with E-state index in [-0.39, 0.29) is 5.91 Å². The molecule has 3 heterocycles. The van der Waals surface area contributed by atoms with Crippen molar-refractivity contribution in [3.63, 3.8) is 0 Å². The summed E-state index contributed by atoms with van der Waals surface area (Å²) in [6.07, 6.45) is 9.76. The molecule has 0 aromatic carbocycles. The molecule has 6 heteroatoms. The summed E-state index contributed by atoms with van der Waals surface area (Å²) >= 11 is 1.34. The highest BCUT2D eigenvalue weighted by atomic mass is 32.1. The van der Waals surface area contributed by atoms with Gasteiger partial charge in [-0.15, -0.1) is 11.3 Å². The maximum absolute atomic E-state index is 12.3. The van der Waals surface area contributed by atoms with E-state index in [2.05, 4.69) is 26.8 Å². The summed E-state index contributed by atoms with van der Waals surface area (Å²) < 4.78 is 0. The Balaban J connectivity index is 1.71. The van der Waals surface area contributed by atoms with E-state index in [9.17, 15) is 4.79 Å². The summed E-state index contributed by atoms with van der Waals surface area (Å²) in [6.45, 7) is 1.69. The standard InChI is InChI=1S/C15H14N4OS/c20-15(19-6-2-1-3-7-19)13-10-18-14(21-13)5-4-12-8-16-11-17-9-12/h8-11H,1-3,6-7H2. The second-order valence-electron chi connectivity index (χ2n) is 4.76. The van der Waals surface area contributed by atoms with E-state index in [1.165, 1.54) is 24.1 Å². The highest BCUT2D eigenvalue weighted by Crippen LogP contribution is 2.17. The van der Waals surface area contributed by atoms with Gasteiger partial charge in [0.15, 0.2) is 5.01 Å². The van der Waals surface area contributed by atoms with Crippen molar-refractivity contribution in [2.24, 2.45) is 0 Å². The van der Waals surface area contributed by atoms with Gasteiger partial charge in [-0.25, -0.2) is 15.0 Å². The molecule has 21 heavy (non-hydrogen) atoms. The minimum absolute atomic E-state index is 0.0725. The van der Waals surface area contributed by atoms with Crippen LogP contribution in [0, 0.1) is 11.8 Å². The highest BCUT2D eigenvalue weighted by Gasteiger charge is 2.19. The third-order valence-corrected chi connectivity index (χ3v) is 4.13. The second-order valence-corrected chi connectivity index (χ2v) is 5.79. The third-order valence-electron chi connectivity index (χ3n) is 3.23. The molecule has 1 aliphatic heterocycles. The Bertz CT molecular complexity index is 680. The van der Waals surface area contributed by atoms with Gasteiger partial charge in [-0.3, -0.25) is 4.79 Å². The summed E-state index contributed by atoms with van der Waals surface area (Å²) in [6, 6.07) is 0.